The van der Waals surface area contributed by atoms with Crippen molar-refractivity contribution in [2.45, 2.75) is 12.1 Å². The quantitative estimate of drug-likeness (QED) is 0.552. The minimum absolute atomic E-state index is 0.0846. The van der Waals surface area contributed by atoms with E-state index in [1.54, 1.807) is 0 Å². The fourth-order valence-electron chi connectivity index (χ4n) is 1.94. The van der Waals surface area contributed by atoms with Gasteiger partial charge < -0.3 is 5.73 Å². The molecule has 3 nitrogen and oxygen atoms in total. The normalized spacial score (nSPS) is 14.2. The molecule has 2 atom stereocenters. The molecule has 0 radical (unpaired) electrons. The van der Waals surface area contributed by atoms with Gasteiger partial charge in [-0.05, 0) is 11.1 Å². The van der Waals surface area contributed by atoms with Crippen LogP contribution in [0.2, 0.25) is 0 Å². The molecule has 0 aliphatic rings. The van der Waals surface area contributed by atoms with E-state index in [4.69, 9.17) is 11.6 Å². The smallest absolute Gasteiger partial charge is 0.0652 e. The molecule has 3 heteroatoms. The Hall–Kier alpha value is -1.68. The molecule has 0 saturated carbocycles. The molecular formula is C14H17N3. The molecule has 2 aromatic rings. The van der Waals surface area contributed by atoms with Crippen LogP contribution in [0.25, 0.3) is 0 Å². The van der Waals surface area contributed by atoms with Gasteiger partial charge in [-0.25, -0.2) is 0 Å². The summed E-state index contributed by atoms with van der Waals surface area (Å²) in [6.07, 6.45) is 0. The van der Waals surface area contributed by atoms with Crippen LogP contribution in [0.4, 0.5) is 0 Å². The van der Waals surface area contributed by atoms with Crippen molar-refractivity contribution in [1.82, 2.24) is 5.43 Å². The largest absolute Gasteiger partial charge is 0.322 e. The van der Waals surface area contributed by atoms with E-state index in [1.807, 2.05) is 60.7 Å². The number of benzene rings is 2. The van der Waals surface area contributed by atoms with Crippen LogP contribution >= 0.6 is 0 Å². The van der Waals surface area contributed by atoms with Gasteiger partial charge in [-0.2, -0.15) is 0 Å². The number of hydrogen-bond acceptors (Lipinski definition) is 3. The lowest BCUT2D eigenvalue weighted by atomic mass is 9.95. The maximum absolute atomic E-state index is 6.24. The van der Waals surface area contributed by atoms with Crippen LogP contribution in [0.5, 0.6) is 0 Å². The van der Waals surface area contributed by atoms with Gasteiger partial charge in [0.15, 0.2) is 0 Å². The molecule has 0 aromatic heterocycles. The van der Waals surface area contributed by atoms with Crippen molar-refractivity contribution in [3.8, 4) is 0 Å². The molecule has 0 fully saturated rings. The fourth-order valence-corrected chi connectivity index (χ4v) is 1.94. The molecule has 2 aromatic carbocycles. The summed E-state index contributed by atoms with van der Waals surface area (Å²) in [6, 6.07) is 19.7. The highest BCUT2D eigenvalue weighted by atomic mass is 15.2. The van der Waals surface area contributed by atoms with Crippen molar-refractivity contribution in [3.63, 3.8) is 0 Å². The second-order valence-corrected chi connectivity index (χ2v) is 3.99. The number of nitrogens with one attached hydrogen (secondary N) is 1. The highest BCUT2D eigenvalue weighted by Gasteiger charge is 2.19. The van der Waals surface area contributed by atoms with Crippen LogP contribution < -0.4 is 17.0 Å². The predicted molar refractivity (Wildman–Crippen MR) is 69.9 cm³/mol. The molecule has 0 bridgehead atoms. The molecule has 0 aliphatic heterocycles. The molecule has 17 heavy (non-hydrogen) atoms. The predicted octanol–water partition coefficient (Wildman–Crippen LogP) is 1.89. The van der Waals surface area contributed by atoms with Gasteiger partial charge in [-0.3, -0.25) is 11.3 Å². The van der Waals surface area contributed by atoms with Crippen molar-refractivity contribution in [2.75, 3.05) is 0 Å². The lowest BCUT2D eigenvalue weighted by Crippen LogP contribution is -2.36. The van der Waals surface area contributed by atoms with Crippen LogP contribution in [-0.2, 0) is 0 Å². The van der Waals surface area contributed by atoms with E-state index in [9.17, 15) is 0 Å². The maximum Gasteiger partial charge on any atom is 0.0652 e. The number of rotatable bonds is 4. The summed E-state index contributed by atoms with van der Waals surface area (Å²) in [7, 11) is 0. The Kier molecular flexibility index (Phi) is 3.88. The Morgan fingerprint density at radius 1 is 0.765 bits per heavy atom. The van der Waals surface area contributed by atoms with Crippen molar-refractivity contribution in [1.29, 1.82) is 0 Å². The summed E-state index contributed by atoms with van der Waals surface area (Å²) in [5.74, 6) is 5.61. The van der Waals surface area contributed by atoms with Crippen molar-refractivity contribution in [2.24, 2.45) is 11.6 Å². The van der Waals surface area contributed by atoms with Crippen LogP contribution in [0.3, 0.4) is 0 Å². The summed E-state index contributed by atoms with van der Waals surface area (Å²) in [5.41, 5.74) is 11.2. The van der Waals surface area contributed by atoms with Crippen LogP contribution in [-0.4, -0.2) is 0 Å². The molecular weight excluding hydrogens is 210 g/mol. The molecule has 2 rings (SSSR count). The van der Waals surface area contributed by atoms with E-state index >= 15 is 0 Å². The zero-order valence-electron chi connectivity index (χ0n) is 9.58. The lowest BCUT2D eigenvalue weighted by Gasteiger charge is -2.23. The van der Waals surface area contributed by atoms with Gasteiger partial charge in [0, 0.05) is 0 Å². The Morgan fingerprint density at radius 2 is 1.24 bits per heavy atom. The first-order chi connectivity index (χ1) is 8.33. The van der Waals surface area contributed by atoms with Crippen molar-refractivity contribution >= 4 is 0 Å². The van der Waals surface area contributed by atoms with Gasteiger partial charge in [0.2, 0.25) is 0 Å². The minimum atomic E-state index is -0.163. The van der Waals surface area contributed by atoms with E-state index in [0.29, 0.717) is 0 Å². The van der Waals surface area contributed by atoms with E-state index in [1.165, 1.54) is 0 Å². The highest BCUT2D eigenvalue weighted by molar-refractivity contribution is 5.26. The summed E-state index contributed by atoms with van der Waals surface area (Å²) in [5, 5.41) is 0. The van der Waals surface area contributed by atoms with Gasteiger partial charge in [-0.1, -0.05) is 60.7 Å². The van der Waals surface area contributed by atoms with E-state index < -0.39 is 0 Å². The summed E-state index contributed by atoms with van der Waals surface area (Å²) >= 11 is 0. The first-order valence-electron chi connectivity index (χ1n) is 5.64. The average Bonchev–Trinajstić information content (AvgIpc) is 2.42. The summed E-state index contributed by atoms with van der Waals surface area (Å²) < 4.78 is 0. The van der Waals surface area contributed by atoms with E-state index in [0.717, 1.165) is 11.1 Å². The minimum Gasteiger partial charge on any atom is -0.322 e. The second kappa shape index (κ2) is 5.59. The van der Waals surface area contributed by atoms with Gasteiger partial charge in [0.25, 0.3) is 0 Å². The lowest BCUT2D eigenvalue weighted by molar-refractivity contribution is 0.465. The number of hydrogen-bond donors (Lipinski definition) is 3. The summed E-state index contributed by atoms with van der Waals surface area (Å²) in [4.78, 5) is 0. The van der Waals surface area contributed by atoms with Crippen LogP contribution in [0.1, 0.15) is 23.2 Å². The van der Waals surface area contributed by atoms with Crippen molar-refractivity contribution < 1.29 is 0 Å². The van der Waals surface area contributed by atoms with Gasteiger partial charge in [0.1, 0.15) is 0 Å². The molecule has 0 amide bonds. The number of nitrogens with two attached hydrogens (primary N) is 2. The molecule has 0 heterocycles. The zero-order valence-corrected chi connectivity index (χ0v) is 9.58. The fraction of sp³-hybridized carbons (Fsp3) is 0.143. The van der Waals surface area contributed by atoms with Gasteiger partial charge in [-0.15, -0.1) is 0 Å². The molecule has 0 saturated heterocycles. The maximum atomic E-state index is 6.24. The Bertz CT molecular complexity index is 442. The SMILES string of the molecule is NNC(c1ccccc1)C(N)c1ccccc1. The standard InChI is InChI=1S/C14H17N3/c15-13(11-7-3-1-4-8-11)14(17-16)12-9-5-2-6-10-12/h1-10,13-14,17H,15-16H2. The van der Waals surface area contributed by atoms with E-state index in [-0.39, 0.29) is 12.1 Å². The van der Waals surface area contributed by atoms with E-state index in [2.05, 4.69) is 5.43 Å². The Balaban J connectivity index is 2.25. The third-order valence-electron chi connectivity index (χ3n) is 2.88. The van der Waals surface area contributed by atoms with Gasteiger partial charge in [0.05, 0.1) is 12.1 Å². The first kappa shape index (κ1) is 11.8. The Labute approximate surface area is 101 Å². The van der Waals surface area contributed by atoms with Crippen LogP contribution in [0.15, 0.2) is 60.7 Å². The zero-order chi connectivity index (χ0) is 12.1. The van der Waals surface area contributed by atoms with Crippen LogP contribution in [0, 0.1) is 0 Å². The number of hydrazine groups is 1. The van der Waals surface area contributed by atoms with Crippen molar-refractivity contribution in [3.05, 3.63) is 71.8 Å². The monoisotopic (exact) mass is 227 g/mol. The Morgan fingerprint density at radius 3 is 1.71 bits per heavy atom. The topological polar surface area (TPSA) is 64.1 Å². The first-order valence-corrected chi connectivity index (χ1v) is 5.64. The third kappa shape index (κ3) is 2.71. The molecule has 5 N–H and O–H groups in total. The third-order valence-corrected chi connectivity index (χ3v) is 2.88. The average molecular weight is 227 g/mol. The summed E-state index contributed by atoms with van der Waals surface area (Å²) in [6.45, 7) is 0. The van der Waals surface area contributed by atoms with Gasteiger partial charge >= 0.3 is 0 Å². The molecule has 88 valence electrons. The second-order valence-electron chi connectivity index (χ2n) is 3.99. The molecule has 2 unspecified atom stereocenters. The molecule has 0 aliphatic carbocycles. The highest BCUT2D eigenvalue weighted by Crippen LogP contribution is 2.25. The molecule has 0 spiro atoms.